The molecule has 1 aromatic carbocycles. The molecule has 1 saturated heterocycles. The molecule has 0 spiro atoms. The molecule has 0 N–H and O–H groups in total. The Hall–Kier alpha value is -2.04. The molecule has 0 aliphatic carbocycles. The van der Waals surface area contributed by atoms with Gasteiger partial charge >= 0.3 is 5.97 Å². The fourth-order valence-electron chi connectivity index (χ4n) is 2.71. The molecule has 0 aromatic heterocycles. The van der Waals surface area contributed by atoms with Crippen molar-refractivity contribution in [3.05, 3.63) is 30.1 Å². The Labute approximate surface area is 157 Å². The number of hydrogen-bond acceptors (Lipinski definition) is 6. The van der Waals surface area contributed by atoms with Crippen molar-refractivity contribution in [1.82, 2.24) is 9.21 Å². The van der Waals surface area contributed by atoms with Crippen LogP contribution < -0.4 is 0 Å². The molecule has 0 radical (unpaired) electrons. The molecule has 27 heavy (non-hydrogen) atoms. The molecule has 1 fully saturated rings. The van der Waals surface area contributed by atoms with Gasteiger partial charge in [0.25, 0.3) is 5.91 Å². The molecule has 2 rings (SSSR count). The number of ether oxygens (including phenoxy) is 2. The number of likely N-dealkylation sites (N-methyl/N-ethyl adjacent to an activating group) is 1. The van der Waals surface area contributed by atoms with Gasteiger partial charge in [0.2, 0.25) is 10.0 Å². The highest BCUT2D eigenvalue weighted by Crippen LogP contribution is 2.15. The SMILES string of the molecule is C[C@@H]1CN(C(=O)COC(=O)CN(C)S(=O)(=O)c2ccc(F)cc2)C[C@H](C)O1. The number of rotatable bonds is 6. The summed E-state index contributed by atoms with van der Waals surface area (Å²) >= 11 is 0. The lowest BCUT2D eigenvalue weighted by Gasteiger charge is -2.35. The van der Waals surface area contributed by atoms with Crippen molar-refractivity contribution in [2.75, 3.05) is 33.3 Å². The van der Waals surface area contributed by atoms with Crippen molar-refractivity contribution < 1.29 is 31.9 Å². The van der Waals surface area contributed by atoms with Gasteiger partial charge in [-0.3, -0.25) is 9.59 Å². The second kappa shape index (κ2) is 8.77. The van der Waals surface area contributed by atoms with Crippen LogP contribution in [-0.2, 0) is 29.1 Å². The number of benzene rings is 1. The van der Waals surface area contributed by atoms with E-state index in [0.29, 0.717) is 13.1 Å². The lowest BCUT2D eigenvalue weighted by Crippen LogP contribution is -2.49. The van der Waals surface area contributed by atoms with Gasteiger partial charge in [-0.1, -0.05) is 0 Å². The molecule has 1 aliphatic heterocycles. The van der Waals surface area contributed by atoms with E-state index in [2.05, 4.69) is 0 Å². The van der Waals surface area contributed by atoms with E-state index in [9.17, 15) is 22.4 Å². The molecule has 10 heteroatoms. The lowest BCUT2D eigenvalue weighted by molar-refractivity contribution is -0.157. The Kier molecular flexibility index (Phi) is 6.90. The van der Waals surface area contributed by atoms with Gasteiger partial charge in [0.05, 0.1) is 17.1 Å². The first-order valence-corrected chi connectivity index (χ1v) is 9.84. The van der Waals surface area contributed by atoms with Crippen LogP contribution >= 0.6 is 0 Å². The minimum absolute atomic E-state index is 0.111. The first-order valence-electron chi connectivity index (χ1n) is 8.40. The third-order valence-corrected chi connectivity index (χ3v) is 5.82. The first kappa shape index (κ1) is 21.3. The highest BCUT2D eigenvalue weighted by molar-refractivity contribution is 7.89. The summed E-state index contributed by atoms with van der Waals surface area (Å²) in [7, 11) is -2.77. The number of carbonyl (C=O) groups is 2. The van der Waals surface area contributed by atoms with Gasteiger partial charge in [-0.05, 0) is 38.1 Å². The average Bonchev–Trinajstić information content (AvgIpc) is 2.59. The van der Waals surface area contributed by atoms with Gasteiger partial charge in [-0.2, -0.15) is 4.31 Å². The zero-order valence-corrected chi connectivity index (χ0v) is 16.2. The Morgan fingerprint density at radius 3 is 2.33 bits per heavy atom. The number of esters is 1. The highest BCUT2D eigenvalue weighted by atomic mass is 32.2. The highest BCUT2D eigenvalue weighted by Gasteiger charge is 2.27. The molecular formula is C17H23FN2O6S. The van der Waals surface area contributed by atoms with E-state index in [-0.39, 0.29) is 23.0 Å². The molecule has 1 aliphatic rings. The van der Waals surface area contributed by atoms with Crippen molar-refractivity contribution in [1.29, 1.82) is 0 Å². The number of hydrogen-bond donors (Lipinski definition) is 0. The summed E-state index contributed by atoms with van der Waals surface area (Å²) < 4.78 is 48.9. The fourth-order valence-corrected chi connectivity index (χ4v) is 3.83. The minimum Gasteiger partial charge on any atom is -0.455 e. The number of morpholine rings is 1. The van der Waals surface area contributed by atoms with E-state index in [1.165, 1.54) is 7.05 Å². The van der Waals surface area contributed by atoms with Gasteiger partial charge in [-0.15, -0.1) is 0 Å². The van der Waals surface area contributed by atoms with Gasteiger partial charge in [-0.25, -0.2) is 12.8 Å². The zero-order valence-electron chi connectivity index (χ0n) is 15.4. The third-order valence-electron chi connectivity index (χ3n) is 4.00. The summed E-state index contributed by atoms with van der Waals surface area (Å²) in [6, 6.07) is 4.25. The van der Waals surface area contributed by atoms with E-state index in [0.717, 1.165) is 28.6 Å². The summed E-state index contributed by atoms with van der Waals surface area (Å²) in [6.45, 7) is 3.46. The maximum absolute atomic E-state index is 12.9. The third kappa shape index (κ3) is 5.72. The van der Waals surface area contributed by atoms with Crippen LogP contribution in [-0.4, -0.2) is 75.0 Å². The first-order chi connectivity index (χ1) is 12.6. The summed E-state index contributed by atoms with van der Waals surface area (Å²) in [4.78, 5) is 25.5. The molecule has 1 aromatic rings. The van der Waals surface area contributed by atoms with Crippen LogP contribution in [0.15, 0.2) is 29.2 Å². The summed E-state index contributed by atoms with van der Waals surface area (Å²) in [6.07, 6.45) is -0.222. The van der Waals surface area contributed by atoms with Crippen LogP contribution in [0.4, 0.5) is 4.39 Å². The smallest absolute Gasteiger partial charge is 0.321 e. The Morgan fingerprint density at radius 2 is 1.78 bits per heavy atom. The largest absolute Gasteiger partial charge is 0.455 e. The second-order valence-corrected chi connectivity index (χ2v) is 8.48. The Bertz CT molecular complexity index is 773. The Morgan fingerprint density at radius 1 is 1.22 bits per heavy atom. The maximum Gasteiger partial charge on any atom is 0.321 e. The van der Waals surface area contributed by atoms with Crippen LogP contribution in [0.1, 0.15) is 13.8 Å². The topological polar surface area (TPSA) is 93.2 Å². The number of carbonyl (C=O) groups excluding carboxylic acids is 2. The number of halogens is 1. The van der Waals surface area contributed by atoms with Crippen molar-refractivity contribution in [3.8, 4) is 0 Å². The van der Waals surface area contributed by atoms with Gasteiger partial charge in [0, 0.05) is 20.1 Å². The van der Waals surface area contributed by atoms with E-state index in [1.54, 1.807) is 4.90 Å². The predicted molar refractivity (Wildman–Crippen MR) is 93.8 cm³/mol. The van der Waals surface area contributed by atoms with Crippen molar-refractivity contribution >= 4 is 21.9 Å². The summed E-state index contributed by atoms with van der Waals surface area (Å²) in [5.74, 6) is -1.79. The van der Waals surface area contributed by atoms with Crippen LogP contribution in [0.5, 0.6) is 0 Å². The van der Waals surface area contributed by atoms with Gasteiger partial charge < -0.3 is 14.4 Å². The molecule has 0 saturated carbocycles. The number of nitrogens with zero attached hydrogens (tertiary/aromatic N) is 2. The van der Waals surface area contributed by atoms with E-state index < -0.39 is 35.0 Å². The molecular weight excluding hydrogens is 379 g/mol. The maximum atomic E-state index is 12.9. The molecule has 0 unspecified atom stereocenters. The van der Waals surface area contributed by atoms with Crippen molar-refractivity contribution in [3.63, 3.8) is 0 Å². The molecule has 8 nitrogen and oxygen atoms in total. The molecule has 0 bridgehead atoms. The van der Waals surface area contributed by atoms with Gasteiger partial charge in [0.1, 0.15) is 12.4 Å². The summed E-state index contributed by atoms with van der Waals surface area (Å²) in [5.41, 5.74) is 0. The van der Waals surface area contributed by atoms with Crippen LogP contribution in [0.2, 0.25) is 0 Å². The van der Waals surface area contributed by atoms with Crippen LogP contribution in [0.25, 0.3) is 0 Å². The average molecular weight is 402 g/mol. The number of sulfonamides is 1. The minimum atomic E-state index is -3.97. The molecule has 2 atom stereocenters. The van der Waals surface area contributed by atoms with E-state index in [4.69, 9.17) is 9.47 Å². The molecule has 1 heterocycles. The monoisotopic (exact) mass is 402 g/mol. The zero-order chi connectivity index (χ0) is 20.2. The molecule has 150 valence electrons. The van der Waals surface area contributed by atoms with Crippen molar-refractivity contribution in [2.24, 2.45) is 0 Å². The predicted octanol–water partition coefficient (Wildman–Crippen LogP) is 0.625. The standard InChI is InChI=1S/C17H23FN2O6S/c1-12-8-20(9-13(2)26-12)16(21)11-25-17(22)10-19(3)27(23,24)15-6-4-14(18)5-7-15/h4-7,12-13H,8-11H2,1-3H3/t12-,13+. The quantitative estimate of drug-likeness (QED) is 0.648. The Balaban J connectivity index is 1.87. The normalized spacial score (nSPS) is 20.6. The van der Waals surface area contributed by atoms with Crippen LogP contribution in [0.3, 0.4) is 0 Å². The summed E-state index contributed by atoms with van der Waals surface area (Å²) in [5, 5.41) is 0. The van der Waals surface area contributed by atoms with Gasteiger partial charge in [0.15, 0.2) is 6.61 Å². The number of amides is 1. The van der Waals surface area contributed by atoms with Crippen LogP contribution in [0, 0.1) is 5.82 Å². The van der Waals surface area contributed by atoms with Crippen molar-refractivity contribution in [2.45, 2.75) is 31.0 Å². The second-order valence-electron chi connectivity index (χ2n) is 6.43. The van der Waals surface area contributed by atoms with E-state index in [1.807, 2.05) is 13.8 Å². The molecule has 1 amide bonds. The fraction of sp³-hybridized carbons (Fsp3) is 0.529. The van der Waals surface area contributed by atoms with E-state index >= 15 is 0 Å². The lowest BCUT2D eigenvalue weighted by atomic mass is 10.2.